The number of rotatable bonds is 0. The predicted octanol–water partition coefficient (Wildman–Crippen LogP) is 1.74. The second-order valence-corrected chi connectivity index (χ2v) is 5.82. The van der Waals surface area contributed by atoms with Gasteiger partial charge in [-0.05, 0) is 51.0 Å². The van der Waals surface area contributed by atoms with Crippen molar-refractivity contribution in [2.24, 2.45) is 11.1 Å². The molecule has 3 fully saturated rings. The molecule has 2 heterocycles. The van der Waals surface area contributed by atoms with Gasteiger partial charge < -0.3 is 10.6 Å². The Kier molecular flexibility index (Phi) is 1.94. The maximum Gasteiger partial charge on any atom is 0.0102 e. The fourth-order valence-corrected chi connectivity index (χ4v) is 4.28. The molecule has 2 nitrogen and oxygen atoms in total. The third-order valence-electron chi connectivity index (χ3n) is 5.25. The molecule has 80 valence electrons. The summed E-state index contributed by atoms with van der Waals surface area (Å²) in [6.07, 6.45) is 9.70. The van der Waals surface area contributed by atoms with E-state index in [9.17, 15) is 0 Å². The van der Waals surface area contributed by atoms with E-state index in [-0.39, 0.29) is 0 Å². The third kappa shape index (κ3) is 1.10. The van der Waals surface area contributed by atoms with Gasteiger partial charge in [0.2, 0.25) is 0 Å². The van der Waals surface area contributed by atoms with E-state index in [1.54, 1.807) is 0 Å². The van der Waals surface area contributed by atoms with Gasteiger partial charge in [0, 0.05) is 18.1 Å². The van der Waals surface area contributed by atoms with Crippen LogP contribution in [0.4, 0.5) is 0 Å². The lowest BCUT2D eigenvalue weighted by Gasteiger charge is -2.45. The number of nitrogens with two attached hydrogens (primary N) is 1. The van der Waals surface area contributed by atoms with Crippen molar-refractivity contribution in [2.45, 2.75) is 63.1 Å². The lowest BCUT2D eigenvalue weighted by molar-refractivity contribution is 0.0536. The molecule has 2 heteroatoms. The van der Waals surface area contributed by atoms with Crippen LogP contribution in [0, 0.1) is 5.41 Å². The van der Waals surface area contributed by atoms with Gasteiger partial charge in [-0.25, -0.2) is 0 Å². The van der Waals surface area contributed by atoms with Crippen LogP contribution in [0.5, 0.6) is 0 Å². The van der Waals surface area contributed by atoms with Crippen molar-refractivity contribution < 1.29 is 0 Å². The van der Waals surface area contributed by atoms with Crippen LogP contribution in [0.25, 0.3) is 0 Å². The first-order chi connectivity index (χ1) is 6.71. The standard InChI is InChI=1S/C12H22N2/c1-14-9-4-5-10(14)8-12(7-9)6-2-3-11(12)13/h9-11H,2-8,13H2,1H3. The molecule has 3 atom stereocenters. The normalized spacial score (nSPS) is 53.1. The van der Waals surface area contributed by atoms with Crippen molar-refractivity contribution in [3.63, 3.8) is 0 Å². The maximum absolute atomic E-state index is 6.32. The zero-order valence-electron chi connectivity index (χ0n) is 9.21. The molecular weight excluding hydrogens is 172 g/mol. The Morgan fingerprint density at radius 3 is 2.29 bits per heavy atom. The van der Waals surface area contributed by atoms with E-state index in [2.05, 4.69) is 11.9 Å². The monoisotopic (exact) mass is 194 g/mol. The van der Waals surface area contributed by atoms with Crippen LogP contribution in [-0.4, -0.2) is 30.1 Å². The van der Waals surface area contributed by atoms with E-state index in [0.717, 1.165) is 12.1 Å². The molecule has 1 saturated carbocycles. The summed E-state index contributed by atoms with van der Waals surface area (Å²) in [5, 5.41) is 0. The molecule has 0 radical (unpaired) electrons. The van der Waals surface area contributed by atoms with E-state index in [0.29, 0.717) is 11.5 Å². The summed E-state index contributed by atoms with van der Waals surface area (Å²) in [5.74, 6) is 0. The minimum Gasteiger partial charge on any atom is -0.327 e. The smallest absolute Gasteiger partial charge is 0.0102 e. The molecule has 1 aliphatic carbocycles. The molecule has 2 saturated heterocycles. The molecule has 2 aliphatic heterocycles. The zero-order valence-corrected chi connectivity index (χ0v) is 9.21. The largest absolute Gasteiger partial charge is 0.327 e. The van der Waals surface area contributed by atoms with Gasteiger partial charge in [0.05, 0.1) is 0 Å². The second kappa shape index (κ2) is 2.96. The SMILES string of the molecule is CN1C2CCC1CC1(CCCC1N)C2. The van der Waals surface area contributed by atoms with Crippen LogP contribution in [0.3, 0.4) is 0 Å². The van der Waals surface area contributed by atoms with E-state index < -0.39 is 0 Å². The van der Waals surface area contributed by atoms with Gasteiger partial charge >= 0.3 is 0 Å². The summed E-state index contributed by atoms with van der Waals surface area (Å²) in [4.78, 5) is 2.62. The van der Waals surface area contributed by atoms with Gasteiger partial charge in [0.1, 0.15) is 0 Å². The first-order valence-corrected chi connectivity index (χ1v) is 6.19. The highest BCUT2D eigenvalue weighted by Gasteiger charge is 2.51. The van der Waals surface area contributed by atoms with Crippen molar-refractivity contribution in [1.82, 2.24) is 4.90 Å². The molecule has 2 N–H and O–H groups in total. The first kappa shape index (κ1) is 9.17. The summed E-state index contributed by atoms with van der Waals surface area (Å²) < 4.78 is 0. The van der Waals surface area contributed by atoms with E-state index >= 15 is 0 Å². The van der Waals surface area contributed by atoms with E-state index in [1.807, 2.05) is 0 Å². The molecular formula is C12H22N2. The number of hydrogen-bond donors (Lipinski definition) is 1. The number of hydrogen-bond acceptors (Lipinski definition) is 2. The molecule has 2 bridgehead atoms. The van der Waals surface area contributed by atoms with Crippen molar-refractivity contribution in [3.05, 3.63) is 0 Å². The van der Waals surface area contributed by atoms with Crippen LogP contribution in [0.2, 0.25) is 0 Å². The zero-order chi connectivity index (χ0) is 9.76. The van der Waals surface area contributed by atoms with Gasteiger partial charge in [-0.2, -0.15) is 0 Å². The highest BCUT2D eigenvalue weighted by molar-refractivity contribution is 5.06. The number of piperidine rings is 1. The topological polar surface area (TPSA) is 29.3 Å². The first-order valence-electron chi connectivity index (χ1n) is 6.19. The van der Waals surface area contributed by atoms with Crippen LogP contribution < -0.4 is 5.73 Å². The van der Waals surface area contributed by atoms with Crippen molar-refractivity contribution in [1.29, 1.82) is 0 Å². The minimum absolute atomic E-state index is 0.513. The van der Waals surface area contributed by atoms with Crippen LogP contribution >= 0.6 is 0 Å². The molecule has 14 heavy (non-hydrogen) atoms. The summed E-state index contributed by atoms with van der Waals surface area (Å²) in [5.41, 5.74) is 6.88. The molecule has 0 aromatic rings. The Bertz CT molecular complexity index is 224. The van der Waals surface area contributed by atoms with Crippen molar-refractivity contribution in [2.75, 3.05) is 7.05 Å². The Morgan fingerprint density at radius 1 is 1.14 bits per heavy atom. The summed E-state index contributed by atoms with van der Waals surface area (Å²) in [7, 11) is 2.32. The van der Waals surface area contributed by atoms with Crippen molar-refractivity contribution in [3.8, 4) is 0 Å². The maximum atomic E-state index is 6.32. The summed E-state index contributed by atoms with van der Waals surface area (Å²) in [6, 6.07) is 2.23. The third-order valence-corrected chi connectivity index (χ3v) is 5.25. The molecule has 1 spiro atoms. The Morgan fingerprint density at radius 2 is 1.79 bits per heavy atom. The molecule has 3 rings (SSSR count). The second-order valence-electron chi connectivity index (χ2n) is 5.82. The predicted molar refractivity (Wildman–Crippen MR) is 58.1 cm³/mol. The van der Waals surface area contributed by atoms with Crippen LogP contribution in [0.1, 0.15) is 44.9 Å². The van der Waals surface area contributed by atoms with E-state index in [1.165, 1.54) is 44.9 Å². The fourth-order valence-electron chi connectivity index (χ4n) is 4.28. The number of nitrogens with zero attached hydrogens (tertiary/aromatic N) is 1. The molecule has 0 amide bonds. The fraction of sp³-hybridized carbons (Fsp3) is 1.00. The van der Waals surface area contributed by atoms with E-state index in [4.69, 9.17) is 5.73 Å². The molecule has 3 unspecified atom stereocenters. The summed E-state index contributed by atoms with van der Waals surface area (Å²) in [6.45, 7) is 0. The minimum atomic E-state index is 0.513. The number of fused-ring (bicyclic) bond motifs is 2. The highest BCUT2D eigenvalue weighted by Crippen LogP contribution is 2.52. The van der Waals surface area contributed by atoms with Gasteiger partial charge in [-0.1, -0.05) is 6.42 Å². The van der Waals surface area contributed by atoms with Gasteiger partial charge in [0.25, 0.3) is 0 Å². The summed E-state index contributed by atoms with van der Waals surface area (Å²) >= 11 is 0. The lowest BCUT2D eigenvalue weighted by atomic mass is 9.71. The lowest BCUT2D eigenvalue weighted by Crippen LogP contribution is -2.50. The average molecular weight is 194 g/mol. The Balaban J connectivity index is 1.85. The highest BCUT2D eigenvalue weighted by atomic mass is 15.2. The van der Waals surface area contributed by atoms with Crippen LogP contribution in [-0.2, 0) is 0 Å². The van der Waals surface area contributed by atoms with Gasteiger partial charge in [-0.3, -0.25) is 0 Å². The van der Waals surface area contributed by atoms with Crippen LogP contribution in [0.15, 0.2) is 0 Å². The quantitative estimate of drug-likeness (QED) is 0.636. The molecule has 0 aromatic heterocycles. The molecule has 0 aromatic carbocycles. The van der Waals surface area contributed by atoms with Crippen molar-refractivity contribution >= 4 is 0 Å². The van der Waals surface area contributed by atoms with Gasteiger partial charge in [0.15, 0.2) is 0 Å². The average Bonchev–Trinajstić information content (AvgIpc) is 2.60. The Labute approximate surface area is 86.8 Å². The van der Waals surface area contributed by atoms with Gasteiger partial charge in [-0.15, -0.1) is 0 Å². The Hall–Kier alpha value is -0.0800. The molecule has 3 aliphatic rings.